The Morgan fingerprint density at radius 1 is 0.739 bits per heavy atom. The Labute approximate surface area is 155 Å². The first kappa shape index (κ1) is 23.7. The minimum absolute atomic E-state index is 0.123. The van der Waals surface area contributed by atoms with Crippen LogP contribution in [-0.4, -0.2) is 48.3 Å². The molecule has 0 amide bonds. The number of piperidine rings is 2. The summed E-state index contributed by atoms with van der Waals surface area (Å²) in [6.07, 6.45) is 2.93. The van der Waals surface area contributed by atoms with Crippen LogP contribution < -0.4 is 0 Å². The Balaban J connectivity index is 0.000000332. The Bertz CT molecular complexity index is 325. The van der Waals surface area contributed by atoms with Crippen LogP contribution in [0.4, 0.5) is 0 Å². The molecule has 0 aliphatic carbocycles. The molecule has 0 aromatic rings. The van der Waals surface area contributed by atoms with Gasteiger partial charge in [0, 0.05) is 0 Å². The van der Waals surface area contributed by atoms with Gasteiger partial charge in [0.15, 0.2) is 0 Å². The monoisotopic (exact) mass is 591 g/mol. The third kappa shape index (κ3) is 16.0. The fraction of sp³-hybridized carbons (Fsp3) is 0.833. The van der Waals surface area contributed by atoms with Crippen LogP contribution in [0.2, 0.25) is 0 Å². The molecule has 2 rings (SSSR count). The average molecular weight is 593 g/mol. The number of halogens is 4. The number of carbonyl (C=O) groups is 2. The van der Waals surface area contributed by atoms with E-state index in [1.165, 1.54) is 0 Å². The molecule has 11 heteroatoms. The van der Waals surface area contributed by atoms with Crippen molar-refractivity contribution in [3.05, 3.63) is 10.6 Å². The van der Waals surface area contributed by atoms with Crippen molar-refractivity contribution in [2.45, 2.75) is 25.7 Å². The molecule has 0 bridgehead atoms. The molecule has 0 radical (unpaired) electrons. The predicted molar refractivity (Wildman–Crippen MR) is 90.3 cm³/mol. The maximum absolute atomic E-state index is 10.3. The van der Waals surface area contributed by atoms with Crippen LogP contribution in [0.15, 0.2) is 0 Å². The zero-order valence-electron chi connectivity index (χ0n) is 12.2. The summed E-state index contributed by atoms with van der Waals surface area (Å²) in [4.78, 5) is 20.6. The third-order valence-electron chi connectivity index (χ3n) is 3.24. The van der Waals surface area contributed by atoms with Crippen LogP contribution in [0.3, 0.4) is 0 Å². The molecule has 2 N–H and O–H groups in total. The first-order valence-corrected chi connectivity index (χ1v) is 18.1. The van der Waals surface area contributed by atoms with Gasteiger partial charge in [-0.25, -0.2) is 0 Å². The zero-order valence-corrected chi connectivity index (χ0v) is 17.5. The second-order valence-electron chi connectivity index (χ2n) is 4.84. The predicted octanol–water partition coefficient (Wildman–Crippen LogP) is 4.46. The summed E-state index contributed by atoms with van der Waals surface area (Å²) in [5.41, 5.74) is 0. The number of carboxylic acid groups (broad SMARTS) is 2. The first-order valence-electron chi connectivity index (χ1n) is 6.81. The molecule has 0 atom stereocenters. The van der Waals surface area contributed by atoms with Crippen LogP contribution in [0.1, 0.15) is 25.7 Å². The number of aliphatic carboxylic acids is 2. The number of hydrogen-bond acceptors (Lipinski definition) is 2. The summed E-state index contributed by atoms with van der Waals surface area (Å²) < 4.78 is 0. The van der Waals surface area contributed by atoms with Crippen molar-refractivity contribution in [1.29, 1.82) is 0 Å². The van der Waals surface area contributed by atoms with Gasteiger partial charge in [-0.05, 0) is 0 Å². The molecule has 2 saturated heterocycles. The van der Waals surface area contributed by atoms with E-state index in [-0.39, 0.29) is 11.8 Å². The Morgan fingerprint density at radius 2 is 0.957 bits per heavy atom. The van der Waals surface area contributed by atoms with Gasteiger partial charge in [-0.15, -0.1) is 26.2 Å². The van der Waals surface area contributed by atoms with Gasteiger partial charge < -0.3 is 20.8 Å². The molecule has 0 aromatic heterocycles. The third-order valence-corrected chi connectivity index (χ3v) is 3.24. The fourth-order valence-corrected chi connectivity index (χ4v) is 1.99. The van der Waals surface area contributed by atoms with Gasteiger partial charge in [-0.2, -0.15) is 0 Å². The van der Waals surface area contributed by atoms with Crippen LogP contribution in [-0.2, 0) is 21.5 Å². The summed E-state index contributed by atoms with van der Waals surface area (Å²) in [5, 5.41) is 25.1. The molecule has 2 fully saturated rings. The number of nitrogens with zero attached hydrogens (tertiary/aromatic N) is 2. The first-order chi connectivity index (χ1) is 10.6. The van der Waals surface area contributed by atoms with Gasteiger partial charge in [-0.3, -0.25) is 9.59 Å². The van der Waals surface area contributed by atoms with Crippen molar-refractivity contribution in [2.75, 3.05) is 26.2 Å². The molecule has 0 spiro atoms. The van der Waals surface area contributed by atoms with Gasteiger partial charge in [0.25, 0.3) is 0 Å². The Kier molecular flexibility index (Phi) is 13.4. The van der Waals surface area contributed by atoms with E-state index in [4.69, 9.17) is 47.9 Å². The van der Waals surface area contributed by atoms with E-state index in [1.807, 2.05) is 0 Å². The molecule has 0 unspecified atom stereocenters. The van der Waals surface area contributed by atoms with Gasteiger partial charge in [0.05, 0.1) is 11.8 Å². The molecule has 2 aliphatic rings. The Morgan fingerprint density at radius 3 is 1.09 bits per heavy atom. The van der Waals surface area contributed by atoms with Gasteiger partial charge in [0.1, 0.15) is 0 Å². The zero-order chi connectivity index (χ0) is 17.9. The van der Waals surface area contributed by atoms with Crippen LogP contribution in [0.25, 0.3) is 10.6 Å². The van der Waals surface area contributed by atoms with Crippen molar-refractivity contribution in [3.63, 3.8) is 0 Å². The van der Waals surface area contributed by atoms with E-state index in [9.17, 15) is 9.59 Å². The van der Waals surface area contributed by atoms with E-state index < -0.39 is 23.8 Å². The van der Waals surface area contributed by atoms with Crippen LogP contribution in [0, 0.1) is 11.8 Å². The molecule has 23 heavy (non-hydrogen) atoms. The van der Waals surface area contributed by atoms with Crippen LogP contribution >= 0.6 is 37.7 Å². The summed E-state index contributed by atoms with van der Waals surface area (Å²) in [6, 6.07) is 0. The summed E-state index contributed by atoms with van der Waals surface area (Å²) >= 11 is -3.06. The fourth-order valence-electron chi connectivity index (χ4n) is 1.99. The number of carboxylic acids is 2. The van der Waals surface area contributed by atoms with Crippen molar-refractivity contribution in [2.24, 2.45) is 11.8 Å². The average Bonchev–Trinajstić information content (AvgIpc) is 2.48. The SMILES string of the molecule is O=C(O)C1CC[N-]CC1.O=C(O)C1CC[N-]CC1.[Cl][Pt+2]([Cl])([Cl])[Cl]. The van der Waals surface area contributed by atoms with Crippen molar-refractivity contribution < 1.29 is 31.7 Å². The van der Waals surface area contributed by atoms with E-state index in [0.717, 1.165) is 51.9 Å². The van der Waals surface area contributed by atoms with Crippen molar-refractivity contribution >= 4 is 49.6 Å². The van der Waals surface area contributed by atoms with E-state index in [2.05, 4.69) is 10.6 Å². The second kappa shape index (κ2) is 13.0. The normalized spacial score (nSPS) is 20.3. The molecule has 2 heterocycles. The molecule has 2 aliphatic heterocycles. The summed E-state index contributed by atoms with van der Waals surface area (Å²) in [5.74, 6) is -1.57. The van der Waals surface area contributed by atoms with E-state index in [0.29, 0.717) is 0 Å². The van der Waals surface area contributed by atoms with Crippen molar-refractivity contribution in [1.82, 2.24) is 0 Å². The molecule has 6 nitrogen and oxygen atoms in total. The van der Waals surface area contributed by atoms with Crippen LogP contribution in [0.5, 0.6) is 0 Å². The molecule has 0 aromatic carbocycles. The van der Waals surface area contributed by atoms with Gasteiger partial charge >= 0.3 is 61.5 Å². The van der Waals surface area contributed by atoms with E-state index >= 15 is 0 Å². The quantitative estimate of drug-likeness (QED) is 0.494. The minimum atomic E-state index is -3.06. The van der Waals surface area contributed by atoms with Gasteiger partial charge in [0.2, 0.25) is 0 Å². The van der Waals surface area contributed by atoms with E-state index in [1.54, 1.807) is 0 Å². The number of hydrogen-bond donors (Lipinski definition) is 2. The molecular weight excluding hydrogens is 573 g/mol. The van der Waals surface area contributed by atoms with Gasteiger partial charge in [-0.1, -0.05) is 25.7 Å². The Hall–Kier alpha value is 0.708. The number of rotatable bonds is 2. The molecular formula is C12H20Cl4N2O4Pt. The topological polar surface area (TPSA) is 103 Å². The second-order valence-corrected chi connectivity index (χ2v) is 24.5. The summed E-state index contributed by atoms with van der Waals surface area (Å²) in [6.45, 7) is 2.93. The molecule has 0 saturated carbocycles. The summed E-state index contributed by atoms with van der Waals surface area (Å²) in [7, 11) is 20.0. The van der Waals surface area contributed by atoms with Crippen molar-refractivity contribution in [3.8, 4) is 0 Å². The maximum atomic E-state index is 10.3. The standard InChI is InChI=1S/2C6H10NO2.4ClH.Pt/c2*8-6(9)5-1-3-7-4-2-5;;;;;/h2*5H,1-4H2,(H,8,9);4*1H;/q2*-1;;;;;+6/p-4. The molecule has 140 valence electrons.